The minimum Gasteiger partial charge on any atom is -0.490 e. The summed E-state index contributed by atoms with van der Waals surface area (Å²) in [5.74, 6) is -0.471. The molecule has 4 nitrogen and oxygen atoms in total. The highest BCUT2D eigenvalue weighted by Crippen LogP contribution is 1.81. The second kappa shape index (κ2) is 6.10. The molecule has 0 aromatic heterocycles. The van der Waals surface area contributed by atoms with Crippen molar-refractivity contribution in [3.05, 3.63) is 12.8 Å². The molecule has 0 heterocycles. The smallest absolute Gasteiger partial charge is 0.346 e. The fourth-order valence-corrected chi connectivity index (χ4v) is 0.293. The number of hydrogen-bond donors (Lipinski definition) is 0. The first kappa shape index (κ1) is 8.97. The van der Waals surface area contributed by atoms with Crippen LogP contribution in [0.25, 0.3) is 0 Å². The van der Waals surface area contributed by atoms with Gasteiger partial charge in [-0.2, -0.15) is 0 Å². The van der Waals surface area contributed by atoms with Crippen LogP contribution in [0.4, 0.5) is 0 Å². The van der Waals surface area contributed by atoms with Crippen molar-refractivity contribution < 1.29 is 19.0 Å². The van der Waals surface area contributed by atoms with E-state index in [9.17, 15) is 4.79 Å². The van der Waals surface area contributed by atoms with Crippen LogP contribution in [0, 0.1) is 0 Å². The van der Waals surface area contributed by atoms with E-state index in [0.717, 1.165) is 0 Å². The molecule has 0 aliphatic heterocycles. The Morgan fingerprint density at radius 1 is 1.70 bits per heavy atom. The van der Waals surface area contributed by atoms with E-state index in [1.54, 1.807) is 0 Å². The lowest BCUT2D eigenvalue weighted by molar-refractivity contribution is -0.157. The van der Waals surface area contributed by atoms with Crippen LogP contribution in [0.1, 0.15) is 0 Å². The maximum absolute atomic E-state index is 10.5. The molecule has 0 N–H and O–H groups in total. The number of carbonyl (C=O) groups is 1. The summed E-state index contributed by atoms with van der Waals surface area (Å²) in [5.41, 5.74) is 0. The van der Waals surface area contributed by atoms with Crippen molar-refractivity contribution in [1.29, 1.82) is 0 Å². The zero-order chi connectivity index (χ0) is 7.82. The monoisotopic (exact) mass is 146 g/mol. The van der Waals surface area contributed by atoms with Gasteiger partial charge in [-0.15, -0.1) is 0 Å². The fraction of sp³-hybridized carbons (Fsp3) is 0.500. The average molecular weight is 146 g/mol. The van der Waals surface area contributed by atoms with E-state index < -0.39 is 5.97 Å². The molecule has 4 heteroatoms. The molecule has 0 spiro atoms. The van der Waals surface area contributed by atoms with Crippen LogP contribution in [-0.4, -0.2) is 26.5 Å². The Balaban J connectivity index is 3.16. The van der Waals surface area contributed by atoms with Gasteiger partial charge in [-0.3, -0.25) is 0 Å². The Morgan fingerprint density at radius 2 is 2.40 bits per heavy atom. The first-order valence-electron chi connectivity index (χ1n) is 2.68. The summed E-state index contributed by atoms with van der Waals surface area (Å²) in [7, 11) is 1.43. The SMILES string of the molecule is C=COCC(=O)OCOC. The van der Waals surface area contributed by atoms with Crippen molar-refractivity contribution in [2.45, 2.75) is 0 Å². The van der Waals surface area contributed by atoms with E-state index in [0.29, 0.717) is 0 Å². The van der Waals surface area contributed by atoms with E-state index in [1.165, 1.54) is 13.4 Å². The summed E-state index contributed by atoms with van der Waals surface area (Å²) in [6.07, 6.45) is 1.17. The Labute approximate surface area is 59.4 Å². The quantitative estimate of drug-likeness (QED) is 0.318. The molecule has 0 aromatic rings. The minimum absolute atomic E-state index is 0.0423. The third kappa shape index (κ3) is 5.11. The lowest BCUT2D eigenvalue weighted by atomic mass is 10.7. The molecule has 0 aromatic carbocycles. The molecule has 0 rings (SSSR count). The Hall–Kier alpha value is -1.03. The molecule has 58 valence electrons. The number of methoxy groups -OCH3 is 1. The molecule has 0 bridgehead atoms. The standard InChI is InChI=1S/C6H10O4/c1-3-9-4-6(7)10-5-8-2/h3H,1,4-5H2,2H3. The minimum atomic E-state index is -0.471. The summed E-state index contributed by atoms with van der Waals surface area (Å²) in [5, 5.41) is 0. The van der Waals surface area contributed by atoms with Crippen molar-refractivity contribution >= 4 is 5.97 Å². The molecule has 0 unspecified atom stereocenters. The molecule has 0 amide bonds. The molecule has 0 aliphatic rings. The van der Waals surface area contributed by atoms with Crippen LogP contribution in [0.3, 0.4) is 0 Å². The maximum atomic E-state index is 10.5. The van der Waals surface area contributed by atoms with Gasteiger partial charge in [0.15, 0.2) is 13.4 Å². The molecule has 0 saturated carbocycles. The summed E-state index contributed by atoms with van der Waals surface area (Å²) >= 11 is 0. The fourth-order valence-electron chi connectivity index (χ4n) is 0.293. The molecular weight excluding hydrogens is 136 g/mol. The molecule has 0 atom stereocenters. The average Bonchev–Trinajstić information content (AvgIpc) is 1.97. The van der Waals surface area contributed by atoms with Crippen molar-refractivity contribution in [2.24, 2.45) is 0 Å². The van der Waals surface area contributed by atoms with Gasteiger partial charge in [0.05, 0.1) is 6.26 Å². The molecule has 0 fully saturated rings. The van der Waals surface area contributed by atoms with Crippen molar-refractivity contribution in [1.82, 2.24) is 0 Å². The molecular formula is C6H10O4. The van der Waals surface area contributed by atoms with Crippen molar-refractivity contribution in [2.75, 3.05) is 20.5 Å². The van der Waals surface area contributed by atoms with Gasteiger partial charge >= 0.3 is 5.97 Å². The normalized spacial score (nSPS) is 8.50. The lowest BCUT2D eigenvalue weighted by Crippen LogP contribution is -2.12. The van der Waals surface area contributed by atoms with E-state index in [4.69, 9.17) is 0 Å². The van der Waals surface area contributed by atoms with Crippen molar-refractivity contribution in [3.8, 4) is 0 Å². The lowest BCUT2D eigenvalue weighted by Gasteiger charge is -2.01. The first-order chi connectivity index (χ1) is 4.81. The van der Waals surface area contributed by atoms with Gasteiger partial charge in [0.25, 0.3) is 0 Å². The molecule has 0 saturated heterocycles. The third-order valence-corrected chi connectivity index (χ3v) is 0.657. The highest BCUT2D eigenvalue weighted by molar-refractivity contribution is 5.70. The first-order valence-corrected chi connectivity index (χ1v) is 2.68. The van der Waals surface area contributed by atoms with E-state index in [-0.39, 0.29) is 13.4 Å². The van der Waals surface area contributed by atoms with Crippen LogP contribution < -0.4 is 0 Å². The van der Waals surface area contributed by atoms with Crippen molar-refractivity contribution in [3.63, 3.8) is 0 Å². The van der Waals surface area contributed by atoms with Gasteiger partial charge in [0, 0.05) is 7.11 Å². The summed E-state index contributed by atoms with van der Waals surface area (Å²) in [4.78, 5) is 10.5. The zero-order valence-corrected chi connectivity index (χ0v) is 5.83. The maximum Gasteiger partial charge on any atom is 0.346 e. The second-order valence-corrected chi connectivity index (χ2v) is 1.40. The molecule has 10 heavy (non-hydrogen) atoms. The number of hydrogen-bond acceptors (Lipinski definition) is 4. The van der Waals surface area contributed by atoms with Gasteiger partial charge in [0.2, 0.25) is 0 Å². The topological polar surface area (TPSA) is 44.8 Å². The Bertz CT molecular complexity index is 110. The number of esters is 1. The molecule has 0 radical (unpaired) electrons. The largest absolute Gasteiger partial charge is 0.490 e. The van der Waals surface area contributed by atoms with Crippen LogP contribution in [-0.2, 0) is 19.0 Å². The number of carbonyl (C=O) groups excluding carboxylic acids is 1. The van der Waals surface area contributed by atoms with E-state index in [1.807, 2.05) is 0 Å². The summed E-state index contributed by atoms with van der Waals surface area (Å²) in [6.45, 7) is 3.09. The molecule has 0 aliphatic carbocycles. The van der Waals surface area contributed by atoms with Crippen LogP contribution >= 0.6 is 0 Å². The van der Waals surface area contributed by atoms with Gasteiger partial charge in [-0.05, 0) is 0 Å². The van der Waals surface area contributed by atoms with Crippen LogP contribution in [0.2, 0.25) is 0 Å². The van der Waals surface area contributed by atoms with Gasteiger partial charge in [-0.1, -0.05) is 6.58 Å². The Morgan fingerprint density at radius 3 is 2.90 bits per heavy atom. The van der Waals surface area contributed by atoms with Crippen LogP contribution in [0.15, 0.2) is 12.8 Å². The second-order valence-electron chi connectivity index (χ2n) is 1.40. The zero-order valence-electron chi connectivity index (χ0n) is 5.83. The van der Waals surface area contributed by atoms with Crippen LogP contribution in [0.5, 0.6) is 0 Å². The predicted molar refractivity (Wildman–Crippen MR) is 34.1 cm³/mol. The Kier molecular flexibility index (Phi) is 5.47. The highest BCUT2D eigenvalue weighted by Gasteiger charge is 1.99. The summed E-state index contributed by atoms with van der Waals surface area (Å²) in [6, 6.07) is 0. The van der Waals surface area contributed by atoms with Gasteiger partial charge < -0.3 is 14.2 Å². The van der Waals surface area contributed by atoms with Gasteiger partial charge in [0.1, 0.15) is 0 Å². The number of ether oxygens (including phenoxy) is 3. The van der Waals surface area contributed by atoms with E-state index >= 15 is 0 Å². The van der Waals surface area contributed by atoms with Gasteiger partial charge in [-0.25, -0.2) is 4.79 Å². The van der Waals surface area contributed by atoms with E-state index in [2.05, 4.69) is 20.8 Å². The summed E-state index contributed by atoms with van der Waals surface area (Å²) < 4.78 is 13.5. The number of rotatable bonds is 5. The third-order valence-electron chi connectivity index (χ3n) is 0.657. The highest BCUT2D eigenvalue weighted by atomic mass is 16.7. The predicted octanol–water partition coefficient (Wildman–Crippen LogP) is 0.294.